The lowest BCUT2D eigenvalue weighted by atomic mass is 10.1. The molecule has 0 aliphatic carbocycles. The van der Waals surface area contributed by atoms with Gasteiger partial charge in [-0.05, 0) is 25.2 Å². The van der Waals surface area contributed by atoms with Crippen LogP contribution in [0.1, 0.15) is 10.4 Å². The predicted octanol–water partition coefficient (Wildman–Crippen LogP) is -0.00900. The Balaban J connectivity index is 2.16. The Hall–Kier alpha value is -2.08. The number of likely N-dealkylation sites (N-methyl/N-ethyl adjacent to an activating group) is 2. The van der Waals surface area contributed by atoms with E-state index in [1.54, 1.807) is 25.2 Å². The topological polar surface area (TPSA) is 70.7 Å². The number of nitrogens with one attached hydrogen (secondary N) is 2. The fraction of sp³-hybridized carbons (Fsp3) is 0.385. The molecule has 2 N–H and O–H groups in total. The van der Waals surface area contributed by atoms with Crippen LogP contribution in [0.3, 0.4) is 0 Å². The summed E-state index contributed by atoms with van der Waals surface area (Å²) in [6, 6.07) is 5.07. The number of fused-ring (bicyclic) bond motifs is 1. The maximum absolute atomic E-state index is 11.9. The smallest absolute Gasteiger partial charge is 0.264 e. The molecule has 0 radical (unpaired) electrons. The molecule has 1 aromatic rings. The summed E-state index contributed by atoms with van der Waals surface area (Å²) in [5.41, 5.74) is 1.14. The molecule has 6 nitrogen and oxygen atoms in total. The van der Waals surface area contributed by atoms with Crippen molar-refractivity contribution in [3.63, 3.8) is 0 Å². The zero-order valence-corrected chi connectivity index (χ0v) is 11.0. The standard InChI is InChI=1S/C13H17N3O3/c1-14-5-6-15-13(18)9-3-4-11-10(7-9)16(2)12(17)8-19-11/h3-4,7,14H,5-6,8H2,1-2H3,(H,15,18). The van der Waals surface area contributed by atoms with E-state index in [0.29, 0.717) is 30.1 Å². The number of carbonyl (C=O) groups excluding carboxylic acids is 2. The number of rotatable bonds is 4. The van der Waals surface area contributed by atoms with Gasteiger partial charge in [0.25, 0.3) is 11.8 Å². The van der Waals surface area contributed by atoms with E-state index < -0.39 is 0 Å². The number of ether oxygens (including phenoxy) is 1. The minimum absolute atomic E-state index is 0.0389. The number of hydrogen-bond acceptors (Lipinski definition) is 4. The number of nitrogens with zero attached hydrogens (tertiary/aromatic N) is 1. The van der Waals surface area contributed by atoms with Gasteiger partial charge in [0.05, 0.1) is 5.69 Å². The molecule has 102 valence electrons. The molecule has 1 aromatic carbocycles. The van der Waals surface area contributed by atoms with E-state index in [0.717, 1.165) is 0 Å². The van der Waals surface area contributed by atoms with Crippen LogP contribution in [0.15, 0.2) is 18.2 Å². The van der Waals surface area contributed by atoms with Gasteiger partial charge in [0.15, 0.2) is 6.61 Å². The third-order valence-corrected chi connectivity index (χ3v) is 2.97. The highest BCUT2D eigenvalue weighted by Crippen LogP contribution is 2.31. The summed E-state index contributed by atoms with van der Waals surface area (Å²) in [6.45, 7) is 1.30. The Kier molecular flexibility index (Phi) is 4.01. The van der Waals surface area contributed by atoms with Crippen molar-refractivity contribution in [3.05, 3.63) is 23.8 Å². The van der Waals surface area contributed by atoms with E-state index in [1.165, 1.54) is 4.90 Å². The largest absolute Gasteiger partial charge is 0.482 e. The molecule has 2 rings (SSSR count). The van der Waals surface area contributed by atoms with Gasteiger partial charge in [-0.3, -0.25) is 9.59 Å². The molecule has 19 heavy (non-hydrogen) atoms. The summed E-state index contributed by atoms with van der Waals surface area (Å²) >= 11 is 0. The number of benzene rings is 1. The first-order valence-electron chi connectivity index (χ1n) is 6.09. The molecule has 0 bridgehead atoms. The Morgan fingerprint density at radius 2 is 2.21 bits per heavy atom. The Bertz CT molecular complexity index is 502. The van der Waals surface area contributed by atoms with Gasteiger partial charge in [-0.1, -0.05) is 0 Å². The summed E-state index contributed by atoms with van der Waals surface area (Å²) in [4.78, 5) is 25.0. The van der Waals surface area contributed by atoms with Crippen LogP contribution in [0.2, 0.25) is 0 Å². The number of anilines is 1. The Labute approximate surface area is 111 Å². The lowest BCUT2D eigenvalue weighted by molar-refractivity contribution is -0.120. The zero-order valence-electron chi connectivity index (χ0n) is 11.0. The molecule has 0 unspecified atom stereocenters. The molecular weight excluding hydrogens is 246 g/mol. The van der Waals surface area contributed by atoms with E-state index in [4.69, 9.17) is 4.74 Å². The van der Waals surface area contributed by atoms with Gasteiger partial charge in [-0.15, -0.1) is 0 Å². The maximum Gasteiger partial charge on any atom is 0.264 e. The minimum atomic E-state index is -0.163. The van der Waals surface area contributed by atoms with Gasteiger partial charge in [0.2, 0.25) is 0 Å². The fourth-order valence-electron chi connectivity index (χ4n) is 1.82. The normalized spacial score (nSPS) is 13.8. The number of hydrogen-bond donors (Lipinski definition) is 2. The molecule has 1 aliphatic heterocycles. The van der Waals surface area contributed by atoms with E-state index in [1.807, 2.05) is 7.05 Å². The van der Waals surface area contributed by atoms with E-state index in [9.17, 15) is 9.59 Å². The summed E-state index contributed by atoms with van der Waals surface area (Å²) < 4.78 is 5.31. The van der Waals surface area contributed by atoms with Gasteiger partial charge >= 0.3 is 0 Å². The Morgan fingerprint density at radius 1 is 1.42 bits per heavy atom. The van der Waals surface area contributed by atoms with Crippen molar-refractivity contribution >= 4 is 17.5 Å². The van der Waals surface area contributed by atoms with Crippen molar-refractivity contribution in [2.24, 2.45) is 0 Å². The second-order valence-corrected chi connectivity index (χ2v) is 4.28. The van der Waals surface area contributed by atoms with Crippen LogP contribution in [-0.4, -0.2) is 45.6 Å². The van der Waals surface area contributed by atoms with Gasteiger partial charge < -0.3 is 20.3 Å². The third kappa shape index (κ3) is 2.85. The first kappa shape index (κ1) is 13.4. The molecule has 6 heteroatoms. The monoisotopic (exact) mass is 263 g/mol. The van der Waals surface area contributed by atoms with Crippen molar-refractivity contribution in [1.82, 2.24) is 10.6 Å². The average Bonchev–Trinajstić information content (AvgIpc) is 2.43. The van der Waals surface area contributed by atoms with Crippen LogP contribution >= 0.6 is 0 Å². The molecular formula is C13H17N3O3. The quantitative estimate of drug-likeness (QED) is 0.750. The van der Waals surface area contributed by atoms with Crippen molar-refractivity contribution in [2.75, 3.05) is 38.7 Å². The van der Waals surface area contributed by atoms with Crippen LogP contribution in [0.5, 0.6) is 5.75 Å². The van der Waals surface area contributed by atoms with Gasteiger partial charge in [-0.2, -0.15) is 0 Å². The van der Waals surface area contributed by atoms with Crippen LogP contribution < -0.4 is 20.3 Å². The van der Waals surface area contributed by atoms with Crippen LogP contribution in [-0.2, 0) is 4.79 Å². The van der Waals surface area contributed by atoms with Crippen LogP contribution in [0, 0.1) is 0 Å². The molecule has 0 spiro atoms. The summed E-state index contributed by atoms with van der Waals surface area (Å²) in [7, 11) is 3.50. The lowest BCUT2D eigenvalue weighted by Gasteiger charge is -2.26. The second-order valence-electron chi connectivity index (χ2n) is 4.28. The van der Waals surface area contributed by atoms with Crippen molar-refractivity contribution in [1.29, 1.82) is 0 Å². The number of carbonyl (C=O) groups is 2. The minimum Gasteiger partial charge on any atom is -0.482 e. The molecule has 0 aromatic heterocycles. The molecule has 0 atom stereocenters. The molecule has 1 heterocycles. The van der Waals surface area contributed by atoms with Crippen molar-refractivity contribution < 1.29 is 14.3 Å². The van der Waals surface area contributed by atoms with Crippen molar-refractivity contribution in [2.45, 2.75) is 0 Å². The summed E-state index contributed by atoms with van der Waals surface area (Å²) in [5.74, 6) is 0.332. The zero-order chi connectivity index (χ0) is 13.8. The van der Waals surface area contributed by atoms with Crippen LogP contribution in [0.4, 0.5) is 5.69 Å². The maximum atomic E-state index is 11.9. The van der Waals surface area contributed by atoms with Gasteiger partial charge in [0, 0.05) is 25.7 Å². The third-order valence-electron chi connectivity index (χ3n) is 2.97. The first-order chi connectivity index (χ1) is 9.13. The second kappa shape index (κ2) is 5.71. The summed E-state index contributed by atoms with van der Waals surface area (Å²) in [6.07, 6.45) is 0. The van der Waals surface area contributed by atoms with Gasteiger partial charge in [-0.25, -0.2) is 0 Å². The predicted molar refractivity (Wildman–Crippen MR) is 71.6 cm³/mol. The highest BCUT2D eigenvalue weighted by molar-refractivity contribution is 6.00. The molecule has 2 amide bonds. The average molecular weight is 263 g/mol. The molecule has 1 aliphatic rings. The lowest BCUT2D eigenvalue weighted by Crippen LogP contribution is -2.36. The highest BCUT2D eigenvalue weighted by atomic mass is 16.5. The molecule has 0 saturated carbocycles. The van der Waals surface area contributed by atoms with E-state index in [-0.39, 0.29) is 18.4 Å². The molecule has 0 fully saturated rings. The SMILES string of the molecule is CNCCNC(=O)c1ccc2c(c1)N(C)C(=O)CO2. The molecule has 0 saturated heterocycles. The fourth-order valence-corrected chi connectivity index (χ4v) is 1.82. The Morgan fingerprint density at radius 3 is 2.95 bits per heavy atom. The van der Waals surface area contributed by atoms with Crippen LogP contribution in [0.25, 0.3) is 0 Å². The van der Waals surface area contributed by atoms with Gasteiger partial charge in [0.1, 0.15) is 5.75 Å². The van der Waals surface area contributed by atoms with E-state index >= 15 is 0 Å². The van der Waals surface area contributed by atoms with E-state index in [2.05, 4.69) is 10.6 Å². The first-order valence-corrected chi connectivity index (χ1v) is 6.09. The van der Waals surface area contributed by atoms with Crippen molar-refractivity contribution in [3.8, 4) is 5.75 Å². The summed E-state index contributed by atoms with van der Waals surface area (Å²) in [5, 5.41) is 5.74. The number of amides is 2. The highest BCUT2D eigenvalue weighted by Gasteiger charge is 2.23.